The van der Waals surface area contributed by atoms with Crippen molar-refractivity contribution in [1.82, 2.24) is 40.0 Å². The molecule has 178 valence electrons. The summed E-state index contributed by atoms with van der Waals surface area (Å²) in [6.07, 6.45) is 4.19. The minimum atomic E-state index is -1.84. The number of halogens is 3. The highest BCUT2D eigenvalue weighted by atomic mass is 35.5. The van der Waals surface area contributed by atoms with Crippen LogP contribution < -0.4 is 0 Å². The van der Waals surface area contributed by atoms with Gasteiger partial charge in [-0.3, -0.25) is 0 Å². The zero-order valence-corrected chi connectivity index (χ0v) is 19.2. The van der Waals surface area contributed by atoms with E-state index in [1.165, 1.54) is 34.3 Å². The van der Waals surface area contributed by atoms with Gasteiger partial charge < -0.3 is 9.52 Å². The van der Waals surface area contributed by atoms with Crippen molar-refractivity contribution in [3.63, 3.8) is 0 Å². The fraction of sp³-hybridized carbons (Fsp3) is 0.143. The van der Waals surface area contributed by atoms with Crippen LogP contribution in [0, 0.1) is 11.6 Å². The highest BCUT2D eigenvalue weighted by Gasteiger charge is 2.35. The van der Waals surface area contributed by atoms with E-state index in [1.807, 2.05) is 0 Å². The van der Waals surface area contributed by atoms with Crippen molar-refractivity contribution in [2.24, 2.45) is 0 Å². The Bertz CT molecular complexity index is 1460. The van der Waals surface area contributed by atoms with Gasteiger partial charge in [-0.05, 0) is 36.0 Å². The summed E-state index contributed by atoms with van der Waals surface area (Å²) >= 11 is 7.07. The van der Waals surface area contributed by atoms with Gasteiger partial charge in [0.25, 0.3) is 5.22 Å². The van der Waals surface area contributed by atoms with Crippen LogP contribution in [-0.2, 0) is 18.7 Å². The fourth-order valence-corrected chi connectivity index (χ4v) is 4.24. The summed E-state index contributed by atoms with van der Waals surface area (Å²) in [5, 5.41) is 32.6. The number of aliphatic hydroxyl groups is 1. The second-order valence-electron chi connectivity index (χ2n) is 7.49. The third-order valence-corrected chi connectivity index (χ3v) is 5.90. The zero-order chi connectivity index (χ0) is 24.4. The Labute approximate surface area is 205 Å². The molecule has 0 saturated heterocycles. The maximum atomic E-state index is 14.6. The maximum Gasteiger partial charge on any atom is 0.283 e. The van der Waals surface area contributed by atoms with E-state index >= 15 is 0 Å². The van der Waals surface area contributed by atoms with Crippen molar-refractivity contribution in [2.45, 2.75) is 28.9 Å². The van der Waals surface area contributed by atoms with Crippen LogP contribution in [0.15, 0.2) is 76.0 Å². The monoisotopic (exact) mass is 516 g/mol. The smallest absolute Gasteiger partial charge is 0.283 e. The largest absolute Gasteiger partial charge is 0.411 e. The van der Waals surface area contributed by atoms with Crippen molar-refractivity contribution in [3.05, 3.63) is 83.5 Å². The molecule has 3 aromatic heterocycles. The molecule has 14 heteroatoms. The Balaban J connectivity index is 1.36. The Hall–Kier alpha value is -3.68. The van der Waals surface area contributed by atoms with E-state index in [1.54, 1.807) is 24.3 Å². The van der Waals surface area contributed by atoms with Crippen LogP contribution in [0.25, 0.3) is 11.5 Å². The predicted octanol–water partition coefficient (Wildman–Crippen LogP) is 3.59. The lowest BCUT2D eigenvalue weighted by molar-refractivity contribution is -0.00893. The maximum absolute atomic E-state index is 14.6. The van der Waals surface area contributed by atoms with E-state index in [-0.39, 0.29) is 29.8 Å². The van der Waals surface area contributed by atoms with Gasteiger partial charge in [0.1, 0.15) is 34.9 Å². The lowest BCUT2D eigenvalue weighted by Gasteiger charge is -2.28. The minimum Gasteiger partial charge on any atom is -0.411 e. The molecule has 1 N–H and O–H groups in total. The van der Waals surface area contributed by atoms with E-state index < -0.39 is 17.2 Å². The predicted molar refractivity (Wildman–Crippen MR) is 119 cm³/mol. The number of hydrogen-bond donors (Lipinski definition) is 1. The van der Waals surface area contributed by atoms with E-state index in [9.17, 15) is 13.9 Å². The fourth-order valence-electron chi connectivity index (χ4n) is 3.42. The summed E-state index contributed by atoms with van der Waals surface area (Å²) in [6, 6.07) is 9.95. The normalized spacial score (nSPS) is 13.1. The van der Waals surface area contributed by atoms with Crippen LogP contribution in [0.4, 0.5) is 8.78 Å². The third-order valence-electron chi connectivity index (χ3n) is 4.93. The van der Waals surface area contributed by atoms with Gasteiger partial charge in [0.15, 0.2) is 0 Å². The van der Waals surface area contributed by atoms with E-state index in [4.69, 9.17) is 16.0 Å². The van der Waals surface area contributed by atoms with Crippen molar-refractivity contribution in [1.29, 1.82) is 0 Å². The van der Waals surface area contributed by atoms with Crippen LogP contribution in [0.2, 0.25) is 5.02 Å². The Kier molecular flexibility index (Phi) is 6.28. The highest BCUT2D eigenvalue weighted by molar-refractivity contribution is 7.99. The quantitative estimate of drug-likeness (QED) is 0.330. The molecule has 35 heavy (non-hydrogen) atoms. The summed E-state index contributed by atoms with van der Waals surface area (Å²) in [5.41, 5.74) is -1.30. The second kappa shape index (κ2) is 9.52. The molecule has 2 aromatic carbocycles. The molecule has 5 rings (SSSR count). The molecule has 0 amide bonds. The first-order valence-electron chi connectivity index (χ1n) is 10.1. The third kappa shape index (κ3) is 5.21. The molecule has 0 spiro atoms. The molecule has 0 saturated carbocycles. The Morgan fingerprint density at radius 1 is 1.06 bits per heavy atom. The van der Waals surface area contributed by atoms with Gasteiger partial charge in [0.05, 0.1) is 19.3 Å². The molecule has 10 nitrogen and oxygen atoms in total. The average Bonchev–Trinajstić information content (AvgIpc) is 3.57. The van der Waals surface area contributed by atoms with E-state index in [0.717, 1.165) is 17.8 Å². The molecule has 0 fully saturated rings. The SMILES string of the molecule is OC(Cn1cncn1)(Cn1cc(Sc2nnc(-c3cccc(Cl)c3)o2)nn1)c1ccc(F)cc1F. The van der Waals surface area contributed by atoms with Crippen LogP contribution in [0.3, 0.4) is 0 Å². The first kappa shape index (κ1) is 23.1. The zero-order valence-electron chi connectivity index (χ0n) is 17.7. The molecular formula is C21H15ClF2N8O2S. The number of hydrogen-bond acceptors (Lipinski definition) is 9. The van der Waals surface area contributed by atoms with Crippen molar-refractivity contribution >= 4 is 23.4 Å². The van der Waals surface area contributed by atoms with Gasteiger partial charge in [0, 0.05) is 22.2 Å². The minimum absolute atomic E-state index is 0.123. The van der Waals surface area contributed by atoms with Crippen LogP contribution in [0.5, 0.6) is 0 Å². The van der Waals surface area contributed by atoms with Gasteiger partial charge >= 0.3 is 0 Å². The summed E-state index contributed by atoms with van der Waals surface area (Å²) < 4.78 is 36.4. The number of aromatic nitrogens is 8. The van der Waals surface area contributed by atoms with E-state index in [2.05, 4.69) is 30.6 Å². The molecule has 0 aliphatic heterocycles. The van der Waals surface area contributed by atoms with E-state index in [0.29, 0.717) is 21.7 Å². The standard InChI is InChI=1S/C21H15ClF2N8O2S/c22-14-3-1-2-13(6-14)19-28-29-20(34-19)35-18-8-31(30-27-18)9-21(33,10-32-12-25-11-26-32)16-5-4-15(23)7-17(16)24/h1-8,11-12,33H,9-10H2. The van der Waals surface area contributed by atoms with Gasteiger partial charge in [-0.15, -0.1) is 15.3 Å². The molecule has 0 radical (unpaired) electrons. The summed E-state index contributed by atoms with van der Waals surface area (Å²) in [5.74, 6) is -1.37. The number of nitrogens with zero attached hydrogens (tertiary/aromatic N) is 8. The summed E-state index contributed by atoms with van der Waals surface area (Å²) in [4.78, 5) is 3.84. The molecule has 1 atom stereocenters. The van der Waals surface area contributed by atoms with Crippen molar-refractivity contribution in [3.8, 4) is 11.5 Å². The second-order valence-corrected chi connectivity index (χ2v) is 8.90. The topological polar surface area (TPSA) is 121 Å². The molecular weight excluding hydrogens is 502 g/mol. The molecule has 0 aliphatic rings. The molecule has 0 bridgehead atoms. The van der Waals surface area contributed by atoms with Gasteiger partial charge in [-0.25, -0.2) is 23.1 Å². The lowest BCUT2D eigenvalue weighted by Crippen LogP contribution is -2.37. The van der Waals surface area contributed by atoms with Crippen LogP contribution in [0.1, 0.15) is 5.56 Å². The van der Waals surface area contributed by atoms with Gasteiger partial charge in [-0.2, -0.15) is 5.10 Å². The van der Waals surface area contributed by atoms with Crippen molar-refractivity contribution in [2.75, 3.05) is 0 Å². The number of benzene rings is 2. The Morgan fingerprint density at radius 3 is 2.69 bits per heavy atom. The number of rotatable bonds is 8. The molecule has 5 aromatic rings. The first-order chi connectivity index (χ1) is 16.9. The first-order valence-corrected chi connectivity index (χ1v) is 11.3. The van der Waals surface area contributed by atoms with Crippen molar-refractivity contribution < 1.29 is 18.3 Å². The molecule has 1 unspecified atom stereocenters. The van der Waals surface area contributed by atoms with Gasteiger partial charge in [-0.1, -0.05) is 28.9 Å². The lowest BCUT2D eigenvalue weighted by atomic mass is 9.93. The van der Waals surface area contributed by atoms with Crippen LogP contribution in [-0.4, -0.2) is 45.1 Å². The Morgan fingerprint density at radius 2 is 1.91 bits per heavy atom. The summed E-state index contributed by atoms with van der Waals surface area (Å²) in [6.45, 7) is -0.370. The molecule has 3 heterocycles. The van der Waals surface area contributed by atoms with Crippen LogP contribution >= 0.6 is 23.4 Å². The molecule has 0 aliphatic carbocycles. The van der Waals surface area contributed by atoms with Gasteiger partial charge in [0.2, 0.25) is 5.89 Å². The average molecular weight is 517 g/mol. The highest BCUT2D eigenvalue weighted by Crippen LogP contribution is 2.31. The summed E-state index contributed by atoms with van der Waals surface area (Å²) in [7, 11) is 0.